The van der Waals surface area contributed by atoms with Gasteiger partial charge in [0.05, 0.1) is 0 Å². The Morgan fingerprint density at radius 3 is 1.10 bits per heavy atom. The molecule has 2 aliphatic rings. The lowest BCUT2D eigenvalue weighted by Gasteiger charge is -2.34. The zero-order valence-electron chi connectivity index (χ0n) is 18.0. The Bertz CT molecular complexity index is 721. The first-order chi connectivity index (χ1) is 14.6. The molecule has 30 heavy (non-hydrogen) atoms. The van der Waals surface area contributed by atoms with E-state index in [-0.39, 0.29) is 0 Å². The molecule has 0 radical (unpaired) electrons. The third kappa shape index (κ3) is 6.15. The molecule has 0 N–H and O–H groups in total. The molecule has 6 nitrogen and oxygen atoms in total. The summed E-state index contributed by atoms with van der Waals surface area (Å²) in [7, 11) is 4.29. The van der Waals surface area contributed by atoms with Gasteiger partial charge >= 0.3 is 0 Å². The highest BCUT2D eigenvalue weighted by Crippen LogP contribution is 2.17. The van der Waals surface area contributed by atoms with Gasteiger partial charge in [0.1, 0.15) is 12.6 Å². The number of benzene rings is 2. The largest absolute Gasteiger partial charge is 0.369 e. The summed E-state index contributed by atoms with van der Waals surface area (Å²) in [6.45, 7) is 8.69. The summed E-state index contributed by atoms with van der Waals surface area (Å²) in [5.74, 6) is 0. The van der Waals surface area contributed by atoms with Crippen molar-refractivity contribution in [2.75, 3.05) is 76.3 Å². The molecule has 2 aromatic carbocycles. The second-order valence-corrected chi connectivity index (χ2v) is 8.00. The van der Waals surface area contributed by atoms with Crippen LogP contribution in [0.4, 0.5) is 11.4 Å². The van der Waals surface area contributed by atoms with Crippen molar-refractivity contribution < 1.29 is 9.59 Å². The standard InChI is InChI=1S/2C12H16N2O/c2*1-13-6-8-14(9-7-13)12-4-2-11(10-15)3-5-12/h2*2-5,10H,6-9H2,1H3. The number of carbonyl (C=O) groups excluding carboxylic acids is 2. The highest BCUT2D eigenvalue weighted by atomic mass is 16.1. The van der Waals surface area contributed by atoms with E-state index in [4.69, 9.17) is 0 Å². The van der Waals surface area contributed by atoms with Crippen molar-refractivity contribution in [3.63, 3.8) is 0 Å². The fourth-order valence-corrected chi connectivity index (χ4v) is 3.66. The molecule has 2 aliphatic heterocycles. The lowest BCUT2D eigenvalue weighted by atomic mass is 10.2. The third-order valence-electron chi connectivity index (χ3n) is 5.80. The highest BCUT2D eigenvalue weighted by Gasteiger charge is 2.14. The van der Waals surface area contributed by atoms with Gasteiger partial charge in [-0.25, -0.2) is 0 Å². The third-order valence-corrected chi connectivity index (χ3v) is 5.80. The second kappa shape index (κ2) is 10.9. The van der Waals surface area contributed by atoms with Crippen LogP contribution in [0.1, 0.15) is 20.7 Å². The first-order valence-corrected chi connectivity index (χ1v) is 10.6. The van der Waals surface area contributed by atoms with E-state index < -0.39 is 0 Å². The van der Waals surface area contributed by atoms with Gasteiger partial charge in [-0.2, -0.15) is 0 Å². The van der Waals surface area contributed by atoms with Gasteiger partial charge in [-0.1, -0.05) is 0 Å². The molecule has 2 fully saturated rings. The second-order valence-electron chi connectivity index (χ2n) is 8.00. The summed E-state index contributed by atoms with van der Waals surface area (Å²) < 4.78 is 0. The van der Waals surface area contributed by atoms with Crippen LogP contribution in [0.2, 0.25) is 0 Å². The lowest BCUT2D eigenvalue weighted by Crippen LogP contribution is -2.44. The van der Waals surface area contributed by atoms with Gasteiger partial charge in [0.2, 0.25) is 0 Å². The molecule has 160 valence electrons. The van der Waals surface area contributed by atoms with Gasteiger partial charge in [-0.15, -0.1) is 0 Å². The quantitative estimate of drug-likeness (QED) is 0.725. The molecular weight excluding hydrogens is 376 g/mol. The van der Waals surface area contributed by atoms with Crippen LogP contribution < -0.4 is 9.80 Å². The van der Waals surface area contributed by atoms with Crippen molar-refractivity contribution >= 4 is 23.9 Å². The molecule has 0 spiro atoms. The predicted molar refractivity (Wildman–Crippen MR) is 123 cm³/mol. The van der Waals surface area contributed by atoms with Crippen LogP contribution in [0.25, 0.3) is 0 Å². The van der Waals surface area contributed by atoms with E-state index in [1.807, 2.05) is 48.5 Å². The topological polar surface area (TPSA) is 47.1 Å². The van der Waals surface area contributed by atoms with E-state index in [0.29, 0.717) is 0 Å². The van der Waals surface area contributed by atoms with Gasteiger partial charge < -0.3 is 19.6 Å². The van der Waals surface area contributed by atoms with E-state index in [0.717, 1.165) is 76.1 Å². The maximum atomic E-state index is 10.5. The van der Waals surface area contributed by atoms with Crippen molar-refractivity contribution in [2.45, 2.75) is 0 Å². The van der Waals surface area contributed by atoms with Crippen LogP contribution in [0.15, 0.2) is 48.5 Å². The predicted octanol–water partition coefficient (Wildman–Crippen LogP) is 2.50. The number of hydrogen-bond acceptors (Lipinski definition) is 6. The Balaban J connectivity index is 0.000000171. The van der Waals surface area contributed by atoms with Gasteiger partial charge in [-0.05, 0) is 62.6 Å². The molecule has 2 heterocycles. The molecule has 0 amide bonds. The minimum Gasteiger partial charge on any atom is -0.369 e. The van der Waals surface area contributed by atoms with Crippen molar-refractivity contribution in [2.24, 2.45) is 0 Å². The van der Waals surface area contributed by atoms with E-state index in [2.05, 4.69) is 33.7 Å². The van der Waals surface area contributed by atoms with Crippen LogP contribution in [0.5, 0.6) is 0 Å². The molecule has 0 aromatic heterocycles. The van der Waals surface area contributed by atoms with E-state index >= 15 is 0 Å². The van der Waals surface area contributed by atoms with Crippen LogP contribution in [0.3, 0.4) is 0 Å². The van der Waals surface area contributed by atoms with Crippen molar-refractivity contribution in [1.29, 1.82) is 0 Å². The van der Waals surface area contributed by atoms with E-state index in [1.54, 1.807) is 0 Å². The zero-order chi connectivity index (χ0) is 21.3. The Morgan fingerprint density at radius 2 is 0.833 bits per heavy atom. The zero-order valence-corrected chi connectivity index (χ0v) is 18.0. The van der Waals surface area contributed by atoms with Gasteiger partial charge in [0.15, 0.2) is 0 Å². The first kappa shape index (κ1) is 22.0. The molecule has 4 rings (SSSR count). The molecule has 6 heteroatoms. The summed E-state index contributed by atoms with van der Waals surface area (Å²) >= 11 is 0. The van der Waals surface area contributed by atoms with Gasteiger partial charge in [0.25, 0.3) is 0 Å². The SMILES string of the molecule is CN1CCN(c2ccc(C=O)cc2)CC1.CN1CCN(c2ccc(C=O)cc2)CC1. The summed E-state index contributed by atoms with van der Waals surface area (Å²) in [6.07, 6.45) is 1.77. The molecule has 0 bridgehead atoms. The van der Waals surface area contributed by atoms with Crippen LogP contribution in [0, 0.1) is 0 Å². The van der Waals surface area contributed by atoms with E-state index in [1.165, 1.54) is 11.4 Å². The lowest BCUT2D eigenvalue weighted by molar-refractivity contribution is 0.111. The maximum Gasteiger partial charge on any atom is 0.150 e. The van der Waals surface area contributed by atoms with Crippen molar-refractivity contribution in [3.8, 4) is 0 Å². The number of nitrogens with zero attached hydrogens (tertiary/aromatic N) is 4. The molecule has 0 unspecified atom stereocenters. The number of anilines is 2. The smallest absolute Gasteiger partial charge is 0.150 e. The number of carbonyl (C=O) groups is 2. The number of rotatable bonds is 4. The van der Waals surface area contributed by atoms with Gasteiger partial charge in [0, 0.05) is 74.9 Å². The Kier molecular flexibility index (Phi) is 7.99. The molecule has 2 saturated heterocycles. The Labute approximate surface area is 179 Å². The molecule has 2 aromatic rings. The summed E-state index contributed by atoms with van der Waals surface area (Å²) in [6, 6.07) is 15.6. The molecular formula is C24H32N4O2. The summed E-state index contributed by atoms with van der Waals surface area (Å²) in [4.78, 5) is 30.4. The average Bonchev–Trinajstić information content (AvgIpc) is 2.81. The van der Waals surface area contributed by atoms with Crippen molar-refractivity contribution in [1.82, 2.24) is 9.80 Å². The minimum atomic E-state index is 0.743. The fourth-order valence-electron chi connectivity index (χ4n) is 3.66. The summed E-state index contributed by atoms with van der Waals surface area (Å²) in [5, 5.41) is 0. The minimum absolute atomic E-state index is 0.743. The van der Waals surface area contributed by atoms with Crippen LogP contribution >= 0.6 is 0 Å². The molecule has 0 aliphatic carbocycles. The first-order valence-electron chi connectivity index (χ1n) is 10.6. The fraction of sp³-hybridized carbons (Fsp3) is 0.417. The number of hydrogen-bond donors (Lipinski definition) is 0. The van der Waals surface area contributed by atoms with Crippen LogP contribution in [-0.4, -0.2) is 88.8 Å². The van der Waals surface area contributed by atoms with Crippen LogP contribution in [-0.2, 0) is 0 Å². The summed E-state index contributed by atoms with van der Waals surface area (Å²) in [5.41, 5.74) is 3.92. The number of aldehydes is 2. The van der Waals surface area contributed by atoms with E-state index in [9.17, 15) is 9.59 Å². The normalized spacial score (nSPS) is 17.8. The Morgan fingerprint density at radius 1 is 0.533 bits per heavy atom. The maximum absolute atomic E-state index is 10.5. The van der Waals surface area contributed by atoms with Gasteiger partial charge in [-0.3, -0.25) is 9.59 Å². The average molecular weight is 409 g/mol. The van der Waals surface area contributed by atoms with Crippen molar-refractivity contribution in [3.05, 3.63) is 59.7 Å². The molecule has 0 atom stereocenters. The molecule has 0 saturated carbocycles. The highest BCUT2D eigenvalue weighted by molar-refractivity contribution is 5.76. The number of piperazine rings is 2. The Hall–Kier alpha value is -2.70. The number of likely N-dealkylation sites (N-methyl/N-ethyl adjacent to an activating group) is 2. The monoisotopic (exact) mass is 408 g/mol.